The molecule has 2 nitrogen and oxygen atoms in total. The fraction of sp³-hybridized carbons (Fsp3) is 0.174. The molecule has 48 heavy (non-hydrogen) atoms. The molecule has 0 spiro atoms. The van der Waals surface area contributed by atoms with Crippen molar-refractivity contribution in [1.82, 2.24) is 0 Å². The van der Waals surface area contributed by atoms with Gasteiger partial charge in [0.2, 0.25) is 0 Å². The van der Waals surface area contributed by atoms with E-state index in [1.807, 2.05) is 0 Å². The molecule has 9 rings (SSSR count). The Hall–Kier alpha value is -5.34. The molecule has 0 N–H and O–H groups in total. The number of allylic oxidation sites excluding steroid dienone is 17. The van der Waals surface area contributed by atoms with Crippen LogP contribution in [0.2, 0.25) is 0 Å². The standard InChI is InChI=1S/C46H40N2/c1-5-21-39-33(13-1)17-9-25-43(39)47(44-26-10-18-34-14-2-6-22-40(34)44)37-29-31-38(32-30-37)48(45-27-11-19-35-15-3-7-23-41(35)45)46-28-12-20-36-16-4-8-24-42(36)46/h1-7,9-11,13-17,19,21-23,25-32,34,39,43H,8,12,18,20,24H2. The fourth-order valence-corrected chi connectivity index (χ4v) is 8.41. The molecular formula is C46H40N2. The Bertz CT molecular complexity index is 2110. The number of nitrogens with zero attached hydrogens (tertiary/aromatic N) is 2. The summed E-state index contributed by atoms with van der Waals surface area (Å²) in [5.74, 6) is 0.696. The first-order chi connectivity index (χ1) is 23.8. The molecule has 0 radical (unpaired) electrons. The smallest absolute Gasteiger partial charge is 0.0628 e. The van der Waals surface area contributed by atoms with Crippen LogP contribution in [0.15, 0.2) is 198 Å². The molecule has 3 atom stereocenters. The molecule has 0 amide bonds. The Labute approximate surface area is 284 Å². The molecule has 6 aliphatic rings. The van der Waals surface area contributed by atoms with Crippen molar-refractivity contribution in [3.8, 4) is 0 Å². The maximum Gasteiger partial charge on any atom is 0.0628 e. The highest BCUT2D eigenvalue weighted by atomic mass is 15.2. The van der Waals surface area contributed by atoms with Crippen LogP contribution in [0.4, 0.5) is 17.1 Å². The van der Waals surface area contributed by atoms with E-state index in [9.17, 15) is 0 Å². The molecule has 0 bridgehead atoms. The molecule has 2 heteroatoms. The van der Waals surface area contributed by atoms with E-state index in [2.05, 4.69) is 174 Å². The first kappa shape index (κ1) is 28.8. The lowest BCUT2D eigenvalue weighted by Crippen LogP contribution is -2.41. The van der Waals surface area contributed by atoms with E-state index in [0.29, 0.717) is 5.92 Å². The molecule has 0 heterocycles. The summed E-state index contributed by atoms with van der Waals surface area (Å²) in [5.41, 5.74) is 12.0. The number of hydrogen-bond acceptors (Lipinski definition) is 2. The highest BCUT2D eigenvalue weighted by Gasteiger charge is 2.33. The Kier molecular flexibility index (Phi) is 7.43. The van der Waals surface area contributed by atoms with Crippen LogP contribution in [0, 0.1) is 11.8 Å². The van der Waals surface area contributed by atoms with Crippen LogP contribution in [0.25, 0.3) is 10.8 Å². The Morgan fingerprint density at radius 2 is 1.50 bits per heavy atom. The van der Waals surface area contributed by atoms with E-state index in [0.717, 1.165) is 32.1 Å². The van der Waals surface area contributed by atoms with Crippen LogP contribution in [0.1, 0.15) is 32.1 Å². The second-order valence-electron chi connectivity index (χ2n) is 13.4. The monoisotopic (exact) mass is 620 g/mol. The van der Waals surface area contributed by atoms with Crippen molar-refractivity contribution in [3.63, 3.8) is 0 Å². The second kappa shape index (κ2) is 12.4. The van der Waals surface area contributed by atoms with Gasteiger partial charge < -0.3 is 9.80 Å². The normalized spacial score (nSPS) is 23.5. The van der Waals surface area contributed by atoms with Gasteiger partial charge in [-0.05, 0) is 96.2 Å². The van der Waals surface area contributed by atoms with E-state index in [1.54, 1.807) is 0 Å². The van der Waals surface area contributed by atoms with Gasteiger partial charge in [-0.25, -0.2) is 0 Å². The zero-order valence-corrected chi connectivity index (χ0v) is 27.3. The third kappa shape index (κ3) is 5.04. The highest BCUT2D eigenvalue weighted by Crippen LogP contribution is 2.45. The van der Waals surface area contributed by atoms with E-state index < -0.39 is 0 Å². The molecule has 6 aliphatic carbocycles. The largest absolute Gasteiger partial charge is 0.333 e. The van der Waals surface area contributed by atoms with Crippen molar-refractivity contribution in [3.05, 3.63) is 198 Å². The molecule has 0 fully saturated rings. The lowest BCUT2D eigenvalue weighted by atomic mass is 9.81. The summed E-state index contributed by atoms with van der Waals surface area (Å²) in [6.07, 6.45) is 42.3. The minimum Gasteiger partial charge on any atom is -0.333 e. The molecule has 0 aliphatic heterocycles. The van der Waals surface area contributed by atoms with Crippen molar-refractivity contribution in [1.29, 1.82) is 0 Å². The summed E-state index contributed by atoms with van der Waals surface area (Å²) in [6, 6.07) is 25.1. The third-order valence-corrected chi connectivity index (χ3v) is 10.7. The number of hydrogen-bond donors (Lipinski definition) is 0. The lowest BCUT2D eigenvalue weighted by molar-refractivity contribution is 0.617. The molecule has 0 aromatic heterocycles. The van der Waals surface area contributed by atoms with Crippen molar-refractivity contribution in [2.45, 2.75) is 38.1 Å². The Morgan fingerprint density at radius 1 is 0.646 bits per heavy atom. The lowest BCUT2D eigenvalue weighted by Gasteiger charge is -2.41. The van der Waals surface area contributed by atoms with Crippen LogP contribution in [0.5, 0.6) is 0 Å². The predicted molar refractivity (Wildman–Crippen MR) is 203 cm³/mol. The summed E-state index contributed by atoms with van der Waals surface area (Å²) < 4.78 is 0. The SMILES string of the molecule is C1=CC2=CC=CC(N(C3=C4C=CC=CC4CC=C3)c3ccc(N(C4=CCCC5=C4CCC=C5)c4cccc5ccccc45)cc3)C2C=C1. The van der Waals surface area contributed by atoms with Gasteiger partial charge in [0.1, 0.15) is 0 Å². The number of rotatable bonds is 6. The number of benzene rings is 3. The van der Waals surface area contributed by atoms with Gasteiger partial charge >= 0.3 is 0 Å². The highest BCUT2D eigenvalue weighted by molar-refractivity contribution is 5.97. The molecule has 3 aromatic rings. The molecule has 234 valence electrons. The first-order valence-electron chi connectivity index (χ1n) is 17.6. The van der Waals surface area contributed by atoms with E-state index in [1.165, 1.54) is 61.5 Å². The van der Waals surface area contributed by atoms with Crippen molar-refractivity contribution < 1.29 is 0 Å². The maximum atomic E-state index is 2.59. The van der Waals surface area contributed by atoms with E-state index in [-0.39, 0.29) is 12.0 Å². The summed E-state index contributed by atoms with van der Waals surface area (Å²) in [7, 11) is 0. The minimum atomic E-state index is 0.166. The fourth-order valence-electron chi connectivity index (χ4n) is 8.41. The van der Waals surface area contributed by atoms with Gasteiger partial charge in [0.05, 0.1) is 11.7 Å². The van der Waals surface area contributed by atoms with Gasteiger partial charge in [-0.1, -0.05) is 128 Å². The van der Waals surface area contributed by atoms with Crippen LogP contribution >= 0.6 is 0 Å². The summed E-state index contributed by atoms with van der Waals surface area (Å²) >= 11 is 0. The van der Waals surface area contributed by atoms with Crippen LogP contribution in [-0.4, -0.2) is 6.04 Å². The average molecular weight is 621 g/mol. The maximum absolute atomic E-state index is 2.59. The molecule has 0 saturated heterocycles. The quantitative estimate of drug-likeness (QED) is 0.270. The molecule has 3 unspecified atom stereocenters. The van der Waals surface area contributed by atoms with Crippen molar-refractivity contribution in [2.75, 3.05) is 9.80 Å². The number of fused-ring (bicyclic) bond motifs is 3. The van der Waals surface area contributed by atoms with Crippen LogP contribution in [-0.2, 0) is 0 Å². The van der Waals surface area contributed by atoms with Crippen molar-refractivity contribution in [2.24, 2.45) is 11.8 Å². The Morgan fingerprint density at radius 3 is 2.46 bits per heavy atom. The zero-order chi connectivity index (χ0) is 31.9. The van der Waals surface area contributed by atoms with Crippen LogP contribution < -0.4 is 9.80 Å². The van der Waals surface area contributed by atoms with E-state index >= 15 is 0 Å². The topological polar surface area (TPSA) is 6.48 Å². The predicted octanol–water partition coefficient (Wildman–Crippen LogP) is 11.7. The van der Waals surface area contributed by atoms with Gasteiger partial charge in [-0.3, -0.25) is 0 Å². The molecule has 0 saturated carbocycles. The van der Waals surface area contributed by atoms with Gasteiger partial charge in [0.15, 0.2) is 0 Å². The van der Waals surface area contributed by atoms with Gasteiger partial charge in [0, 0.05) is 40.0 Å². The second-order valence-corrected chi connectivity index (χ2v) is 13.4. The van der Waals surface area contributed by atoms with Gasteiger partial charge in [-0.2, -0.15) is 0 Å². The number of anilines is 3. The third-order valence-electron chi connectivity index (χ3n) is 10.7. The van der Waals surface area contributed by atoms with E-state index in [4.69, 9.17) is 0 Å². The minimum absolute atomic E-state index is 0.166. The molecule has 3 aromatic carbocycles. The summed E-state index contributed by atoms with van der Waals surface area (Å²) in [4.78, 5) is 5.13. The average Bonchev–Trinajstić information content (AvgIpc) is 3.16. The summed E-state index contributed by atoms with van der Waals surface area (Å²) in [5, 5.41) is 2.54. The van der Waals surface area contributed by atoms with Crippen LogP contribution in [0.3, 0.4) is 0 Å². The van der Waals surface area contributed by atoms with Gasteiger partial charge in [-0.15, -0.1) is 0 Å². The zero-order valence-electron chi connectivity index (χ0n) is 27.3. The molecular weight excluding hydrogens is 581 g/mol. The summed E-state index contributed by atoms with van der Waals surface area (Å²) in [6.45, 7) is 0. The van der Waals surface area contributed by atoms with Crippen molar-refractivity contribution >= 4 is 27.8 Å². The first-order valence-corrected chi connectivity index (χ1v) is 17.6. The van der Waals surface area contributed by atoms with Gasteiger partial charge in [0.25, 0.3) is 0 Å². The Balaban J connectivity index is 1.19.